The fourth-order valence-corrected chi connectivity index (χ4v) is 2.99. The van der Waals surface area contributed by atoms with Gasteiger partial charge in [0.2, 0.25) is 0 Å². The van der Waals surface area contributed by atoms with Crippen molar-refractivity contribution in [1.29, 1.82) is 0 Å². The molecule has 22 heavy (non-hydrogen) atoms. The van der Waals surface area contributed by atoms with Crippen molar-refractivity contribution < 1.29 is 0 Å². The highest BCUT2D eigenvalue weighted by Gasteiger charge is 2.21. The summed E-state index contributed by atoms with van der Waals surface area (Å²) in [6, 6.07) is 10.9. The monoisotopic (exact) mass is 294 g/mol. The van der Waals surface area contributed by atoms with E-state index in [0.717, 1.165) is 19.3 Å². The highest BCUT2D eigenvalue weighted by molar-refractivity contribution is 5.77. The van der Waals surface area contributed by atoms with Crippen LogP contribution in [0.4, 0.5) is 0 Å². The Morgan fingerprint density at radius 2 is 2.14 bits per heavy atom. The van der Waals surface area contributed by atoms with E-state index >= 15 is 0 Å². The standard InChI is InChI=1S/C18H22N4/c1-22(2)18(19)21-15-8-9-17-13(11-15)5-3-7-16(17)14-6-4-10-20-12-14/h3-7,10,12,15H,8-9,11H2,1-2H3,(H2,19,21). The fraction of sp³-hybridized carbons (Fsp3) is 0.333. The first-order valence-corrected chi connectivity index (χ1v) is 7.67. The Kier molecular flexibility index (Phi) is 4.09. The van der Waals surface area contributed by atoms with Crippen LogP contribution in [0.3, 0.4) is 0 Å². The Hall–Kier alpha value is -2.36. The number of hydrogen-bond acceptors (Lipinski definition) is 2. The summed E-state index contributed by atoms with van der Waals surface area (Å²) < 4.78 is 0. The smallest absolute Gasteiger partial charge is 0.191 e. The van der Waals surface area contributed by atoms with Gasteiger partial charge >= 0.3 is 0 Å². The van der Waals surface area contributed by atoms with E-state index in [1.54, 1.807) is 0 Å². The first-order valence-electron chi connectivity index (χ1n) is 7.67. The zero-order valence-corrected chi connectivity index (χ0v) is 13.2. The van der Waals surface area contributed by atoms with Crippen molar-refractivity contribution in [2.75, 3.05) is 14.1 Å². The summed E-state index contributed by atoms with van der Waals surface area (Å²) in [4.78, 5) is 10.7. The van der Waals surface area contributed by atoms with Crippen LogP contribution in [0.2, 0.25) is 0 Å². The lowest BCUT2D eigenvalue weighted by Crippen LogP contribution is -2.33. The molecule has 0 amide bonds. The first-order chi connectivity index (χ1) is 10.6. The normalized spacial score (nSPS) is 17.9. The maximum atomic E-state index is 5.96. The zero-order chi connectivity index (χ0) is 15.5. The molecule has 1 atom stereocenters. The van der Waals surface area contributed by atoms with Crippen LogP contribution in [0.5, 0.6) is 0 Å². The van der Waals surface area contributed by atoms with Crippen molar-refractivity contribution in [2.24, 2.45) is 10.7 Å². The summed E-state index contributed by atoms with van der Waals surface area (Å²) in [5.74, 6) is 0.608. The minimum Gasteiger partial charge on any atom is -0.370 e. The number of hydrogen-bond donors (Lipinski definition) is 1. The fourth-order valence-electron chi connectivity index (χ4n) is 2.99. The minimum absolute atomic E-state index is 0.277. The van der Waals surface area contributed by atoms with E-state index in [1.165, 1.54) is 22.3 Å². The second-order valence-electron chi connectivity index (χ2n) is 5.96. The summed E-state index contributed by atoms with van der Waals surface area (Å²) in [7, 11) is 3.85. The van der Waals surface area contributed by atoms with E-state index in [1.807, 2.05) is 37.5 Å². The second-order valence-corrected chi connectivity index (χ2v) is 5.96. The molecule has 114 valence electrons. The number of nitrogens with two attached hydrogens (primary N) is 1. The SMILES string of the molecule is CN(C)C(N)=NC1CCc2c(cccc2-c2cccnc2)C1. The van der Waals surface area contributed by atoms with Crippen molar-refractivity contribution in [3.05, 3.63) is 53.9 Å². The predicted octanol–water partition coefficient (Wildman–Crippen LogP) is 2.48. The van der Waals surface area contributed by atoms with E-state index in [-0.39, 0.29) is 6.04 Å². The van der Waals surface area contributed by atoms with E-state index in [4.69, 9.17) is 5.73 Å². The van der Waals surface area contributed by atoms with Crippen LogP contribution in [0, 0.1) is 0 Å². The number of aliphatic imine (C=N–C) groups is 1. The van der Waals surface area contributed by atoms with Crippen LogP contribution in [0.1, 0.15) is 17.5 Å². The van der Waals surface area contributed by atoms with Crippen LogP contribution in [-0.2, 0) is 12.8 Å². The number of benzene rings is 1. The second kappa shape index (κ2) is 6.18. The van der Waals surface area contributed by atoms with Crippen LogP contribution >= 0.6 is 0 Å². The van der Waals surface area contributed by atoms with E-state index < -0.39 is 0 Å². The van der Waals surface area contributed by atoms with Gasteiger partial charge in [0.15, 0.2) is 5.96 Å². The van der Waals surface area contributed by atoms with Gasteiger partial charge in [-0.25, -0.2) is 4.99 Å². The molecule has 0 bridgehead atoms. The lowest BCUT2D eigenvalue weighted by atomic mass is 9.84. The molecule has 2 aromatic rings. The number of pyridine rings is 1. The molecule has 2 N–H and O–H groups in total. The topological polar surface area (TPSA) is 54.5 Å². The van der Waals surface area contributed by atoms with Gasteiger partial charge in [-0.2, -0.15) is 0 Å². The number of guanidine groups is 1. The molecule has 1 unspecified atom stereocenters. The highest BCUT2D eigenvalue weighted by Crippen LogP contribution is 2.32. The highest BCUT2D eigenvalue weighted by atomic mass is 15.2. The van der Waals surface area contributed by atoms with Crippen molar-refractivity contribution in [3.63, 3.8) is 0 Å². The molecule has 0 saturated carbocycles. The van der Waals surface area contributed by atoms with Crippen molar-refractivity contribution >= 4 is 5.96 Å². The minimum atomic E-state index is 0.277. The van der Waals surface area contributed by atoms with Crippen LogP contribution in [0.15, 0.2) is 47.7 Å². The Balaban J connectivity index is 1.90. The molecule has 4 nitrogen and oxygen atoms in total. The molecule has 1 aromatic carbocycles. The Morgan fingerprint density at radius 1 is 1.27 bits per heavy atom. The third-order valence-corrected chi connectivity index (χ3v) is 4.20. The lowest BCUT2D eigenvalue weighted by molar-refractivity contribution is 0.549. The third-order valence-electron chi connectivity index (χ3n) is 4.20. The largest absolute Gasteiger partial charge is 0.370 e. The van der Waals surface area contributed by atoms with Gasteiger partial charge in [-0.3, -0.25) is 4.98 Å². The molecule has 0 spiro atoms. The van der Waals surface area contributed by atoms with E-state index in [2.05, 4.69) is 34.2 Å². The van der Waals surface area contributed by atoms with Crippen molar-refractivity contribution in [3.8, 4) is 11.1 Å². The third kappa shape index (κ3) is 2.96. The van der Waals surface area contributed by atoms with Gasteiger partial charge in [0.25, 0.3) is 0 Å². The van der Waals surface area contributed by atoms with Gasteiger partial charge in [0, 0.05) is 32.1 Å². The molecule has 3 rings (SSSR count). The summed E-state index contributed by atoms with van der Waals surface area (Å²) in [6.45, 7) is 0. The molecule has 0 saturated heterocycles. The Bertz CT molecular complexity index is 677. The predicted molar refractivity (Wildman–Crippen MR) is 90.8 cm³/mol. The Labute approximate surface area is 131 Å². The van der Waals surface area contributed by atoms with Gasteiger partial charge in [-0.05, 0) is 42.0 Å². The average Bonchev–Trinajstić information content (AvgIpc) is 2.54. The molecule has 1 aliphatic carbocycles. The molecular formula is C18H22N4. The van der Waals surface area contributed by atoms with Gasteiger partial charge < -0.3 is 10.6 Å². The molecule has 1 aromatic heterocycles. The lowest BCUT2D eigenvalue weighted by Gasteiger charge is -2.25. The van der Waals surface area contributed by atoms with Crippen LogP contribution < -0.4 is 5.73 Å². The summed E-state index contributed by atoms with van der Waals surface area (Å²) in [6.07, 6.45) is 6.78. The molecule has 0 aliphatic heterocycles. The number of aromatic nitrogens is 1. The average molecular weight is 294 g/mol. The Morgan fingerprint density at radius 3 is 2.86 bits per heavy atom. The summed E-state index contributed by atoms with van der Waals surface area (Å²) in [5, 5.41) is 0. The zero-order valence-electron chi connectivity index (χ0n) is 13.2. The molecule has 1 heterocycles. The maximum Gasteiger partial charge on any atom is 0.191 e. The van der Waals surface area contributed by atoms with Gasteiger partial charge in [0.05, 0.1) is 6.04 Å². The quantitative estimate of drug-likeness (QED) is 0.684. The van der Waals surface area contributed by atoms with E-state index in [9.17, 15) is 0 Å². The van der Waals surface area contributed by atoms with Gasteiger partial charge in [0.1, 0.15) is 0 Å². The van der Waals surface area contributed by atoms with Crippen molar-refractivity contribution in [2.45, 2.75) is 25.3 Å². The molecular weight excluding hydrogens is 272 g/mol. The maximum absolute atomic E-state index is 5.96. The number of nitrogens with zero attached hydrogens (tertiary/aromatic N) is 3. The van der Waals surface area contributed by atoms with Crippen LogP contribution in [-0.4, -0.2) is 36.0 Å². The van der Waals surface area contributed by atoms with Gasteiger partial charge in [-0.1, -0.05) is 24.3 Å². The van der Waals surface area contributed by atoms with Crippen molar-refractivity contribution in [1.82, 2.24) is 9.88 Å². The summed E-state index contributed by atoms with van der Waals surface area (Å²) in [5.41, 5.74) is 11.3. The van der Waals surface area contributed by atoms with E-state index in [0.29, 0.717) is 5.96 Å². The summed E-state index contributed by atoms with van der Waals surface area (Å²) >= 11 is 0. The number of rotatable bonds is 2. The molecule has 1 aliphatic rings. The first kappa shape index (κ1) is 14.6. The van der Waals surface area contributed by atoms with Gasteiger partial charge in [-0.15, -0.1) is 0 Å². The molecule has 4 heteroatoms. The molecule has 0 radical (unpaired) electrons. The van der Waals surface area contributed by atoms with Crippen LogP contribution in [0.25, 0.3) is 11.1 Å². The number of fused-ring (bicyclic) bond motifs is 1. The molecule has 0 fully saturated rings.